The molecule has 0 saturated carbocycles. The minimum absolute atomic E-state index is 0.0386. The highest BCUT2D eigenvalue weighted by molar-refractivity contribution is 5.99. The Morgan fingerprint density at radius 2 is 2.05 bits per heavy atom. The highest BCUT2D eigenvalue weighted by atomic mass is 16.2. The molecule has 102 valence electrons. The Kier molecular flexibility index (Phi) is 3.54. The van der Waals surface area contributed by atoms with E-state index in [0.717, 1.165) is 25.1 Å². The largest absolute Gasteiger partial charge is 0.342 e. The number of pyridine rings is 1. The Bertz CT molecular complexity index is 575. The van der Waals surface area contributed by atoms with Crippen LogP contribution in [0, 0.1) is 0 Å². The zero-order chi connectivity index (χ0) is 13.8. The fourth-order valence-electron chi connectivity index (χ4n) is 2.31. The van der Waals surface area contributed by atoms with Crippen molar-refractivity contribution in [3.05, 3.63) is 43.0 Å². The van der Waals surface area contributed by atoms with E-state index in [4.69, 9.17) is 0 Å². The summed E-state index contributed by atoms with van der Waals surface area (Å²) in [7, 11) is 0. The summed E-state index contributed by atoms with van der Waals surface area (Å²) in [6.45, 7) is 0.721. The molecule has 1 aliphatic heterocycles. The highest BCUT2D eigenvalue weighted by Crippen LogP contribution is 2.21. The van der Waals surface area contributed by atoms with E-state index in [0.29, 0.717) is 5.95 Å². The van der Waals surface area contributed by atoms with Gasteiger partial charge in [-0.1, -0.05) is 0 Å². The van der Waals surface area contributed by atoms with E-state index in [1.807, 2.05) is 12.1 Å². The van der Waals surface area contributed by atoms with Gasteiger partial charge in [-0.05, 0) is 31.0 Å². The van der Waals surface area contributed by atoms with Crippen molar-refractivity contribution in [1.29, 1.82) is 0 Å². The molecule has 1 amide bonds. The number of aromatic nitrogens is 3. The molecule has 6 nitrogen and oxygen atoms in total. The van der Waals surface area contributed by atoms with Crippen molar-refractivity contribution in [3.63, 3.8) is 0 Å². The summed E-state index contributed by atoms with van der Waals surface area (Å²) in [5.41, 5.74) is 0.831. The second-order valence-electron chi connectivity index (χ2n) is 4.61. The van der Waals surface area contributed by atoms with E-state index in [1.165, 1.54) is 0 Å². The minimum Gasteiger partial charge on any atom is -0.342 e. The predicted octanol–water partition coefficient (Wildman–Crippen LogP) is 1.48. The van der Waals surface area contributed by atoms with Gasteiger partial charge in [0.15, 0.2) is 0 Å². The number of nitrogens with zero attached hydrogens (tertiary/aromatic N) is 4. The normalized spacial score (nSPS) is 18.9. The van der Waals surface area contributed by atoms with Crippen LogP contribution in [0.1, 0.15) is 12.8 Å². The smallest absolute Gasteiger partial charge is 0.249 e. The summed E-state index contributed by atoms with van der Waals surface area (Å²) in [6, 6.07) is 5.19. The van der Waals surface area contributed by atoms with Crippen molar-refractivity contribution >= 4 is 17.5 Å². The number of rotatable bonds is 3. The van der Waals surface area contributed by atoms with Gasteiger partial charge < -0.3 is 10.2 Å². The third kappa shape index (κ3) is 2.59. The average molecular weight is 269 g/mol. The van der Waals surface area contributed by atoms with Gasteiger partial charge in [0.25, 0.3) is 0 Å². The van der Waals surface area contributed by atoms with Gasteiger partial charge in [0.2, 0.25) is 11.9 Å². The first-order valence-corrected chi connectivity index (χ1v) is 6.59. The van der Waals surface area contributed by atoms with E-state index in [1.54, 1.807) is 35.8 Å². The van der Waals surface area contributed by atoms with Gasteiger partial charge in [-0.25, -0.2) is 9.97 Å². The average Bonchev–Trinajstić information content (AvgIpc) is 2.51. The molecular formula is C14H15N5O. The van der Waals surface area contributed by atoms with Crippen molar-refractivity contribution in [2.45, 2.75) is 18.9 Å². The lowest BCUT2D eigenvalue weighted by Gasteiger charge is -2.32. The highest BCUT2D eigenvalue weighted by Gasteiger charge is 2.30. The maximum Gasteiger partial charge on any atom is 0.249 e. The van der Waals surface area contributed by atoms with Crippen LogP contribution >= 0.6 is 0 Å². The molecule has 0 radical (unpaired) electrons. The van der Waals surface area contributed by atoms with Crippen LogP contribution in [-0.2, 0) is 4.79 Å². The van der Waals surface area contributed by atoms with E-state index < -0.39 is 0 Å². The Hall–Kier alpha value is -2.50. The van der Waals surface area contributed by atoms with Crippen LogP contribution in [0.15, 0.2) is 43.0 Å². The number of amides is 1. The summed E-state index contributed by atoms with van der Waals surface area (Å²) in [4.78, 5) is 26.5. The van der Waals surface area contributed by atoms with Crippen LogP contribution in [0.3, 0.4) is 0 Å². The molecule has 1 atom stereocenters. The summed E-state index contributed by atoms with van der Waals surface area (Å²) < 4.78 is 0. The summed E-state index contributed by atoms with van der Waals surface area (Å²) in [5, 5.41) is 3.10. The van der Waals surface area contributed by atoms with E-state index in [9.17, 15) is 4.79 Å². The molecule has 2 aromatic rings. The quantitative estimate of drug-likeness (QED) is 0.913. The molecule has 3 heterocycles. The molecule has 1 N–H and O–H groups in total. The third-order valence-corrected chi connectivity index (χ3v) is 3.27. The van der Waals surface area contributed by atoms with Crippen LogP contribution in [0.25, 0.3) is 0 Å². The van der Waals surface area contributed by atoms with Gasteiger partial charge in [0, 0.05) is 25.1 Å². The Morgan fingerprint density at radius 3 is 2.80 bits per heavy atom. The molecular weight excluding hydrogens is 254 g/mol. The van der Waals surface area contributed by atoms with Crippen molar-refractivity contribution in [2.24, 2.45) is 0 Å². The predicted molar refractivity (Wildman–Crippen MR) is 75.3 cm³/mol. The summed E-state index contributed by atoms with van der Waals surface area (Å²) >= 11 is 0. The number of carbonyl (C=O) groups excluding carboxylic acids is 1. The molecule has 3 rings (SSSR count). The zero-order valence-electron chi connectivity index (χ0n) is 10.9. The second kappa shape index (κ2) is 5.64. The first-order chi connectivity index (χ1) is 9.84. The molecule has 0 aromatic carbocycles. The maximum absolute atomic E-state index is 12.5. The molecule has 0 bridgehead atoms. The number of anilines is 2. The van der Waals surface area contributed by atoms with Crippen LogP contribution in [0.4, 0.5) is 11.6 Å². The molecule has 0 spiro atoms. The van der Waals surface area contributed by atoms with Crippen molar-refractivity contribution < 1.29 is 4.79 Å². The molecule has 1 aliphatic rings. The molecule has 1 fully saturated rings. The lowest BCUT2D eigenvalue weighted by atomic mass is 10.0. The standard InChI is InChI=1S/C14H15N5O/c20-13-12(18-14-16-7-3-8-17-14)5-2-9-19(13)11-4-1-6-15-10-11/h1,3-4,6-8,10,12H,2,5,9H2,(H,16,17,18). The number of piperidine rings is 1. The lowest BCUT2D eigenvalue weighted by Crippen LogP contribution is -2.48. The van der Waals surface area contributed by atoms with E-state index in [2.05, 4.69) is 20.3 Å². The lowest BCUT2D eigenvalue weighted by molar-refractivity contribution is -0.120. The number of hydrogen-bond acceptors (Lipinski definition) is 5. The fraction of sp³-hybridized carbons (Fsp3) is 0.286. The number of hydrogen-bond donors (Lipinski definition) is 1. The first-order valence-electron chi connectivity index (χ1n) is 6.59. The molecule has 1 unspecified atom stereocenters. The minimum atomic E-state index is -0.286. The maximum atomic E-state index is 12.5. The zero-order valence-corrected chi connectivity index (χ0v) is 10.9. The molecule has 0 aliphatic carbocycles. The molecule has 1 saturated heterocycles. The van der Waals surface area contributed by atoms with Crippen LogP contribution < -0.4 is 10.2 Å². The number of nitrogens with one attached hydrogen (secondary N) is 1. The fourth-order valence-corrected chi connectivity index (χ4v) is 2.31. The van der Waals surface area contributed by atoms with Gasteiger partial charge in [-0.3, -0.25) is 9.78 Å². The molecule has 6 heteroatoms. The molecule has 2 aromatic heterocycles. The Balaban J connectivity index is 1.76. The van der Waals surface area contributed by atoms with Gasteiger partial charge in [0.1, 0.15) is 6.04 Å². The summed E-state index contributed by atoms with van der Waals surface area (Å²) in [6.07, 6.45) is 8.44. The number of carbonyl (C=O) groups is 1. The Labute approximate surface area is 116 Å². The van der Waals surface area contributed by atoms with E-state index in [-0.39, 0.29) is 11.9 Å². The third-order valence-electron chi connectivity index (χ3n) is 3.27. The van der Waals surface area contributed by atoms with Crippen molar-refractivity contribution in [2.75, 3.05) is 16.8 Å². The van der Waals surface area contributed by atoms with E-state index >= 15 is 0 Å². The van der Waals surface area contributed by atoms with Crippen LogP contribution in [0.5, 0.6) is 0 Å². The SMILES string of the molecule is O=C1C(Nc2ncccn2)CCCN1c1cccnc1. The first kappa shape index (κ1) is 12.5. The molecule has 20 heavy (non-hydrogen) atoms. The van der Waals surface area contributed by atoms with Crippen molar-refractivity contribution in [1.82, 2.24) is 15.0 Å². The van der Waals surface area contributed by atoms with Gasteiger partial charge in [-0.15, -0.1) is 0 Å². The monoisotopic (exact) mass is 269 g/mol. The Morgan fingerprint density at radius 1 is 1.20 bits per heavy atom. The van der Waals surface area contributed by atoms with Gasteiger partial charge in [0.05, 0.1) is 11.9 Å². The van der Waals surface area contributed by atoms with Gasteiger partial charge >= 0.3 is 0 Å². The summed E-state index contributed by atoms with van der Waals surface area (Å²) in [5.74, 6) is 0.524. The second-order valence-corrected chi connectivity index (χ2v) is 4.61. The van der Waals surface area contributed by atoms with Crippen LogP contribution in [0.2, 0.25) is 0 Å². The van der Waals surface area contributed by atoms with Crippen molar-refractivity contribution in [3.8, 4) is 0 Å². The van der Waals surface area contributed by atoms with Gasteiger partial charge in [-0.2, -0.15) is 0 Å². The topological polar surface area (TPSA) is 71.0 Å². The van der Waals surface area contributed by atoms with Crippen LogP contribution in [-0.4, -0.2) is 33.4 Å².